The van der Waals surface area contributed by atoms with E-state index in [2.05, 4.69) is 29.3 Å². The maximum atomic E-state index is 5.61. The summed E-state index contributed by atoms with van der Waals surface area (Å²) in [4.78, 5) is 1.47. The highest BCUT2D eigenvalue weighted by Gasteiger charge is 2.04. The Morgan fingerprint density at radius 3 is 2.83 bits per heavy atom. The molecule has 0 saturated carbocycles. The molecule has 1 aromatic heterocycles. The zero-order valence-electron chi connectivity index (χ0n) is 10.6. The molecule has 6 heteroatoms. The van der Waals surface area contributed by atoms with Crippen LogP contribution < -0.4 is 10.5 Å². The first kappa shape index (κ1) is 12.5. The minimum absolute atomic E-state index is 0.313. The summed E-state index contributed by atoms with van der Waals surface area (Å²) in [5.74, 6) is 1.37. The fourth-order valence-corrected chi connectivity index (χ4v) is 1.50. The van der Waals surface area contributed by atoms with Crippen LogP contribution in [0.3, 0.4) is 0 Å². The van der Waals surface area contributed by atoms with E-state index in [9.17, 15) is 0 Å². The van der Waals surface area contributed by atoms with Crippen molar-refractivity contribution >= 4 is 0 Å². The maximum Gasteiger partial charge on any atom is 0.212 e. The average molecular weight is 247 g/mol. The van der Waals surface area contributed by atoms with E-state index in [-0.39, 0.29) is 0 Å². The lowest BCUT2D eigenvalue weighted by Crippen LogP contribution is -2.12. The van der Waals surface area contributed by atoms with E-state index in [1.165, 1.54) is 15.9 Å². The normalized spacial score (nSPS) is 10.6. The number of nitrogens with two attached hydrogens (primary N) is 1. The van der Waals surface area contributed by atoms with Crippen molar-refractivity contribution in [3.8, 4) is 5.75 Å². The van der Waals surface area contributed by atoms with E-state index in [0.717, 1.165) is 5.75 Å². The van der Waals surface area contributed by atoms with Gasteiger partial charge in [-0.2, -0.15) is 4.80 Å². The van der Waals surface area contributed by atoms with Crippen molar-refractivity contribution in [2.45, 2.75) is 27.0 Å². The molecule has 0 aliphatic carbocycles. The lowest BCUT2D eigenvalue weighted by molar-refractivity contribution is 0.294. The summed E-state index contributed by atoms with van der Waals surface area (Å²) < 4.78 is 5.61. The highest BCUT2D eigenvalue weighted by atomic mass is 16.5. The lowest BCUT2D eigenvalue weighted by atomic mass is 10.1. The molecular formula is C12H17N5O. The summed E-state index contributed by atoms with van der Waals surface area (Å²) in [5, 5.41) is 11.9. The van der Waals surface area contributed by atoms with Crippen LogP contribution >= 0.6 is 0 Å². The van der Waals surface area contributed by atoms with E-state index in [1.807, 2.05) is 18.2 Å². The zero-order valence-corrected chi connectivity index (χ0v) is 10.6. The second-order valence-corrected chi connectivity index (χ2v) is 4.12. The van der Waals surface area contributed by atoms with Crippen molar-refractivity contribution in [3.63, 3.8) is 0 Å². The van der Waals surface area contributed by atoms with Gasteiger partial charge in [-0.25, -0.2) is 0 Å². The second-order valence-electron chi connectivity index (χ2n) is 4.12. The Bertz CT molecular complexity index is 523. The van der Waals surface area contributed by atoms with Gasteiger partial charge in [0.25, 0.3) is 0 Å². The van der Waals surface area contributed by atoms with Crippen LogP contribution in [0.4, 0.5) is 0 Å². The predicted molar refractivity (Wildman–Crippen MR) is 67.1 cm³/mol. The van der Waals surface area contributed by atoms with Crippen LogP contribution in [0.25, 0.3) is 0 Å². The van der Waals surface area contributed by atoms with E-state index >= 15 is 0 Å². The minimum Gasteiger partial charge on any atom is -0.485 e. The van der Waals surface area contributed by atoms with Crippen molar-refractivity contribution in [2.24, 2.45) is 5.73 Å². The predicted octanol–water partition coefficient (Wildman–Crippen LogP) is 0.828. The van der Waals surface area contributed by atoms with E-state index in [1.54, 1.807) is 0 Å². The Hall–Kier alpha value is -1.95. The summed E-state index contributed by atoms with van der Waals surface area (Å²) in [7, 11) is 0. The summed E-state index contributed by atoms with van der Waals surface area (Å²) in [6.07, 6.45) is 0. The average Bonchev–Trinajstić information content (AvgIpc) is 2.79. The van der Waals surface area contributed by atoms with E-state index in [0.29, 0.717) is 25.5 Å². The number of nitrogens with zero attached hydrogens (tertiary/aromatic N) is 4. The van der Waals surface area contributed by atoms with Gasteiger partial charge < -0.3 is 10.5 Å². The smallest absolute Gasteiger partial charge is 0.212 e. The van der Waals surface area contributed by atoms with Gasteiger partial charge in [0, 0.05) is 6.54 Å². The summed E-state index contributed by atoms with van der Waals surface area (Å²) in [6, 6.07) is 5.97. The molecule has 0 bridgehead atoms. The number of hydrogen-bond acceptors (Lipinski definition) is 5. The Labute approximate surface area is 106 Å². The number of aromatic nitrogens is 4. The van der Waals surface area contributed by atoms with Crippen molar-refractivity contribution < 1.29 is 4.74 Å². The Kier molecular flexibility index (Phi) is 3.88. The quantitative estimate of drug-likeness (QED) is 0.846. The first-order chi connectivity index (χ1) is 8.69. The molecule has 6 nitrogen and oxygen atoms in total. The lowest BCUT2D eigenvalue weighted by Gasteiger charge is -2.05. The van der Waals surface area contributed by atoms with Crippen molar-refractivity contribution in [2.75, 3.05) is 6.54 Å². The van der Waals surface area contributed by atoms with Crippen molar-refractivity contribution in [1.29, 1.82) is 0 Å². The standard InChI is InChI=1S/C12H17N5O/c1-9-3-4-11(7-10(9)2)18-8-12-14-16-17(15-12)6-5-13/h3-4,7H,5-6,8,13H2,1-2H3. The van der Waals surface area contributed by atoms with Crippen LogP contribution in [0.2, 0.25) is 0 Å². The molecule has 2 N–H and O–H groups in total. The Morgan fingerprint density at radius 1 is 1.28 bits per heavy atom. The van der Waals surface area contributed by atoms with Crippen LogP contribution in [0, 0.1) is 13.8 Å². The van der Waals surface area contributed by atoms with Crippen LogP contribution in [0.5, 0.6) is 5.75 Å². The number of rotatable bonds is 5. The monoisotopic (exact) mass is 247 g/mol. The molecule has 96 valence electrons. The third kappa shape index (κ3) is 3.04. The minimum atomic E-state index is 0.313. The maximum absolute atomic E-state index is 5.61. The van der Waals surface area contributed by atoms with E-state index in [4.69, 9.17) is 10.5 Å². The first-order valence-electron chi connectivity index (χ1n) is 5.86. The summed E-state index contributed by atoms with van der Waals surface area (Å²) in [6.45, 7) is 5.49. The second kappa shape index (κ2) is 5.59. The van der Waals surface area contributed by atoms with Crippen LogP contribution in [0.1, 0.15) is 17.0 Å². The molecule has 0 unspecified atom stereocenters. The van der Waals surface area contributed by atoms with Gasteiger partial charge in [0.2, 0.25) is 5.82 Å². The molecular weight excluding hydrogens is 230 g/mol. The van der Waals surface area contributed by atoms with Gasteiger partial charge in [0.1, 0.15) is 5.75 Å². The number of aryl methyl sites for hydroxylation is 2. The van der Waals surface area contributed by atoms with Crippen molar-refractivity contribution in [3.05, 3.63) is 35.2 Å². The molecule has 0 fully saturated rings. The molecule has 18 heavy (non-hydrogen) atoms. The topological polar surface area (TPSA) is 78.9 Å². The van der Waals surface area contributed by atoms with E-state index < -0.39 is 0 Å². The SMILES string of the molecule is Cc1ccc(OCc2nnn(CCN)n2)cc1C. The highest BCUT2D eigenvalue weighted by Crippen LogP contribution is 2.16. The van der Waals surface area contributed by atoms with Crippen LogP contribution in [0.15, 0.2) is 18.2 Å². The number of benzene rings is 1. The molecule has 2 aromatic rings. The molecule has 0 amide bonds. The summed E-state index contributed by atoms with van der Waals surface area (Å²) in [5.41, 5.74) is 7.85. The van der Waals surface area contributed by atoms with Crippen LogP contribution in [-0.4, -0.2) is 26.8 Å². The molecule has 0 atom stereocenters. The molecule has 0 spiro atoms. The number of hydrogen-bond donors (Lipinski definition) is 1. The molecule has 0 aliphatic rings. The fraction of sp³-hybridized carbons (Fsp3) is 0.417. The van der Waals surface area contributed by atoms with Gasteiger partial charge >= 0.3 is 0 Å². The van der Waals surface area contributed by atoms with Gasteiger partial charge in [-0.3, -0.25) is 0 Å². The molecule has 2 rings (SSSR count). The highest BCUT2D eigenvalue weighted by molar-refractivity contribution is 5.33. The molecule has 1 heterocycles. The zero-order chi connectivity index (χ0) is 13.0. The Balaban J connectivity index is 1.95. The van der Waals surface area contributed by atoms with Gasteiger partial charge in [-0.05, 0) is 42.3 Å². The largest absolute Gasteiger partial charge is 0.485 e. The first-order valence-corrected chi connectivity index (χ1v) is 5.86. The molecule has 0 aliphatic heterocycles. The third-order valence-corrected chi connectivity index (χ3v) is 2.67. The molecule has 0 radical (unpaired) electrons. The third-order valence-electron chi connectivity index (χ3n) is 2.67. The fourth-order valence-electron chi connectivity index (χ4n) is 1.50. The van der Waals surface area contributed by atoms with Gasteiger partial charge in [-0.1, -0.05) is 6.07 Å². The van der Waals surface area contributed by atoms with Gasteiger partial charge in [-0.15, -0.1) is 10.2 Å². The number of ether oxygens (including phenoxy) is 1. The van der Waals surface area contributed by atoms with Crippen LogP contribution in [-0.2, 0) is 13.2 Å². The summed E-state index contributed by atoms with van der Waals surface area (Å²) >= 11 is 0. The van der Waals surface area contributed by atoms with Gasteiger partial charge in [0.05, 0.1) is 6.54 Å². The van der Waals surface area contributed by atoms with Crippen molar-refractivity contribution in [1.82, 2.24) is 20.2 Å². The van der Waals surface area contributed by atoms with Gasteiger partial charge in [0.15, 0.2) is 6.61 Å². The molecule has 0 saturated heterocycles. The molecule has 1 aromatic carbocycles. The Morgan fingerprint density at radius 2 is 2.11 bits per heavy atom. The number of tetrazole rings is 1.